The van der Waals surface area contributed by atoms with Crippen LogP contribution in [0.25, 0.3) is 0 Å². The average molecular weight is 278 g/mol. The molecule has 1 spiro atoms. The smallest absolute Gasteiger partial charge is 0.246 e. The van der Waals surface area contributed by atoms with E-state index in [1.54, 1.807) is 6.08 Å². The largest absolute Gasteiger partial charge is 0.339 e. The lowest BCUT2D eigenvalue weighted by molar-refractivity contribution is -0.136. The van der Waals surface area contributed by atoms with Crippen LogP contribution in [0.2, 0.25) is 0 Å². The fourth-order valence-corrected chi connectivity index (χ4v) is 4.08. The number of amides is 1. The number of likely N-dealkylation sites (N-methyl/N-ethyl adjacent to an activating group) is 1. The third kappa shape index (κ3) is 3.25. The van der Waals surface area contributed by atoms with Gasteiger partial charge in [-0.2, -0.15) is 0 Å². The van der Waals surface area contributed by atoms with Crippen molar-refractivity contribution in [3.63, 3.8) is 0 Å². The number of likely N-dealkylation sites (tertiary alicyclic amines) is 1. The highest BCUT2D eigenvalue weighted by molar-refractivity contribution is 5.87. The fraction of sp³-hybridized carbons (Fsp3) is 0.824. The van der Waals surface area contributed by atoms with Crippen LogP contribution >= 0.6 is 0 Å². The first kappa shape index (κ1) is 15.6. The van der Waals surface area contributed by atoms with E-state index in [1.165, 1.54) is 25.7 Å². The van der Waals surface area contributed by atoms with Gasteiger partial charge in [0.2, 0.25) is 5.91 Å². The highest BCUT2D eigenvalue weighted by Gasteiger charge is 2.50. The highest BCUT2D eigenvalue weighted by Crippen LogP contribution is 2.55. The summed E-state index contributed by atoms with van der Waals surface area (Å²) in [5.41, 5.74) is 0.442. The van der Waals surface area contributed by atoms with E-state index in [9.17, 15) is 4.79 Å². The summed E-state index contributed by atoms with van der Waals surface area (Å²) in [4.78, 5) is 16.5. The Balaban J connectivity index is 1.94. The molecular formula is C17H30N2O. The zero-order chi connectivity index (χ0) is 14.8. The van der Waals surface area contributed by atoms with Gasteiger partial charge in [0.05, 0.1) is 0 Å². The summed E-state index contributed by atoms with van der Waals surface area (Å²) in [6, 6.07) is 0. The van der Waals surface area contributed by atoms with Gasteiger partial charge in [0.15, 0.2) is 0 Å². The van der Waals surface area contributed by atoms with Gasteiger partial charge in [0, 0.05) is 25.7 Å². The summed E-state index contributed by atoms with van der Waals surface area (Å²) in [6.07, 6.45) is 8.92. The van der Waals surface area contributed by atoms with E-state index in [0.717, 1.165) is 31.5 Å². The maximum atomic E-state index is 12.3. The van der Waals surface area contributed by atoms with E-state index in [-0.39, 0.29) is 5.91 Å². The Bertz CT molecular complexity index is 375. The van der Waals surface area contributed by atoms with E-state index in [0.29, 0.717) is 5.41 Å². The molecule has 1 aliphatic carbocycles. The van der Waals surface area contributed by atoms with Gasteiger partial charge in [0.1, 0.15) is 0 Å². The van der Waals surface area contributed by atoms with Crippen molar-refractivity contribution in [2.75, 3.05) is 33.7 Å². The van der Waals surface area contributed by atoms with Crippen molar-refractivity contribution in [3.05, 3.63) is 12.2 Å². The first-order valence-electron chi connectivity index (χ1n) is 8.05. The SMILES string of the molecule is CC(C)C1CCC12CCCN(C(=O)/C=C/CN(C)C)C2. The van der Waals surface area contributed by atoms with E-state index in [4.69, 9.17) is 0 Å². The molecule has 0 aromatic carbocycles. The topological polar surface area (TPSA) is 23.6 Å². The molecule has 1 saturated carbocycles. The standard InChI is InChI=1S/C17H30N2O/c1-14(2)15-8-10-17(15)9-6-12-19(13-17)16(20)7-5-11-18(3)4/h5,7,14-15H,6,8-13H2,1-4H3/b7-5+. The van der Waals surface area contributed by atoms with Gasteiger partial charge in [0.25, 0.3) is 0 Å². The quantitative estimate of drug-likeness (QED) is 0.738. The maximum absolute atomic E-state index is 12.3. The summed E-state index contributed by atoms with van der Waals surface area (Å²) in [6.45, 7) is 7.44. The van der Waals surface area contributed by atoms with E-state index >= 15 is 0 Å². The van der Waals surface area contributed by atoms with Crippen LogP contribution in [0.4, 0.5) is 0 Å². The molecule has 114 valence electrons. The van der Waals surface area contributed by atoms with Gasteiger partial charge in [-0.1, -0.05) is 19.9 Å². The summed E-state index contributed by atoms with van der Waals surface area (Å²) in [5.74, 6) is 1.78. The second-order valence-corrected chi connectivity index (χ2v) is 7.28. The Morgan fingerprint density at radius 3 is 2.70 bits per heavy atom. The van der Waals surface area contributed by atoms with Crippen molar-refractivity contribution < 1.29 is 4.79 Å². The van der Waals surface area contributed by atoms with Gasteiger partial charge < -0.3 is 9.80 Å². The van der Waals surface area contributed by atoms with Gasteiger partial charge >= 0.3 is 0 Å². The lowest BCUT2D eigenvalue weighted by atomic mass is 9.53. The molecule has 1 aliphatic heterocycles. The minimum Gasteiger partial charge on any atom is -0.339 e. The highest BCUT2D eigenvalue weighted by atomic mass is 16.2. The molecule has 2 fully saturated rings. The van der Waals surface area contributed by atoms with Gasteiger partial charge in [-0.05, 0) is 57.0 Å². The van der Waals surface area contributed by atoms with E-state index in [2.05, 4.69) is 23.6 Å². The molecule has 0 N–H and O–H groups in total. The molecule has 2 unspecified atom stereocenters. The Labute approximate surface area is 124 Å². The van der Waals surface area contributed by atoms with E-state index < -0.39 is 0 Å². The second-order valence-electron chi connectivity index (χ2n) is 7.28. The molecule has 2 rings (SSSR count). The molecule has 3 heteroatoms. The molecule has 0 radical (unpaired) electrons. The summed E-state index contributed by atoms with van der Waals surface area (Å²) < 4.78 is 0. The van der Waals surface area contributed by atoms with Crippen LogP contribution in [-0.2, 0) is 4.79 Å². The summed E-state index contributed by atoms with van der Waals surface area (Å²) in [5, 5.41) is 0. The molecule has 0 aromatic heterocycles. The van der Waals surface area contributed by atoms with Gasteiger partial charge in [-0.3, -0.25) is 4.79 Å². The number of carbonyl (C=O) groups is 1. The number of carbonyl (C=O) groups excluding carboxylic acids is 1. The van der Waals surface area contributed by atoms with Crippen LogP contribution in [0.5, 0.6) is 0 Å². The van der Waals surface area contributed by atoms with Crippen molar-refractivity contribution in [1.29, 1.82) is 0 Å². The molecule has 3 nitrogen and oxygen atoms in total. The van der Waals surface area contributed by atoms with Crippen molar-refractivity contribution in [2.24, 2.45) is 17.3 Å². The third-order valence-electron chi connectivity index (χ3n) is 5.20. The lowest BCUT2D eigenvalue weighted by Crippen LogP contribution is -2.55. The second kappa shape index (κ2) is 6.30. The molecule has 1 heterocycles. The Hall–Kier alpha value is -0.830. The molecule has 20 heavy (non-hydrogen) atoms. The van der Waals surface area contributed by atoms with Crippen molar-refractivity contribution in [3.8, 4) is 0 Å². The van der Waals surface area contributed by atoms with Crippen molar-refractivity contribution in [1.82, 2.24) is 9.80 Å². The lowest BCUT2D eigenvalue weighted by Gasteiger charge is -2.56. The van der Waals surface area contributed by atoms with Crippen LogP contribution < -0.4 is 0 Å². The van der Waals surface area contributed by atoms with Gasteiger partial charge in [-0.15, -0.1) is 0 Å². The monoisotopic (exact) mass is 278 g/mol. The van der Waals surface area contributed by atoms with Gasteiger partial charge in [-0.25, -0.2) is 0 Å². The normalized spacial score (nSPS) is 30.5. The molecular weight excluding hydrogens is 248 g/mol. The molecule has 2 aliphatic rings. The zero-order valence-electron chi connectivity index (χ0n) is 13.6. The Morgan fingerprint density at radius 2 is 2.15 bits per heavy atom. The van der Waals surface area contributed by atoms with Crippen LogP contribution in [0, 0.1) is 17.3 Å². The minimum atomic E-state index is 0.209. The van der Waals surface area contributed by atoms with Crippen molar-refractivity contribution >= 4 is 5.91 Å². The predicted octanol–water partition coefficient (Wildman–Crippen LogP) is 2.78. The number of hydrogen-bond donors (Lipinski definition) is 0. The summed E-state index contributed by atoms with van der Waals surface area (Å²) >= 11 is 0. The van der Waals surface area contributed by atoms with Crippen LogP contribution in [0.1, 0.15) is 39.5 Å². The molecule has 1 saturated heterocycles. The van der Waals surface area contributed by atoms with Crippen LogP contribution in [0.3, 0.4) is 0 Å². The fourth-order valence-electron chi connectivity index (χ4n) is 4.08. The molecule has 1 amide bonds. The third-order valence-corrected chi connectivity index (χ3v) is 5.20. The Morgan fingerprint density at radius 1 is 1.40 bits per heavy atom. The average Bonchev–Trinajstić information content (AvgIpc) is 2.36. The molecule has 0 bridgehead atoms. The molecule has 2 atom stereocenters. The number of rotatable bonds is 4. The maximum Gasteiger partial charge on any atom is 0.246 e. The number of nitrogens with zero attached hydrogens (tertiary/aromatic N) is 2. The number of hydrogen-bond acceptors (Lipinski definition) is 2. The summed E-state index contributed by atoms with van der Waals surface area (Å²) in [7, 11) is 4.04. The van der Waals surface area contributed by atoms with Crippen LogP contribution in [0.15, 0.2) is 12.2 Å². The number of piperidine rings is 1. The van der Waals surface area contributed by atoms with Crippen molar-refractivity contribution in [2.45, 2.75) is 39.5 Å². The first-order valence-corrected chi connectivity index (χ1v) is 8.05. The minimum absolute atomic E-state index is 0.209. The van der Waals surface area contributed by atoms with E-state index in [1.807, 2.05) is 20.2 Å². The first-order chi connectivity index (χ1) is 9.44. The molecule has 0 aromatic rings. The zero-order valence-corrected chi connectivity index (χ0v) is 13.6. The Kier molecular flexibility index (Phi) is 4.90. The predicted molar refractivity (Wildman–Crippen MR) is 83.5 cm³/mol. The van der Waals surface area contributed by atoms with Crippen LogP contribution in [-0.4, -0.2) is 49.4 Å².